The van der Waals surface area contributed by atoms with Crippen LogP contribution in [-0.4, -0.2) is 28.1 Å². The van der Waals surface area contributed by atoms with Crippen molar-refractivity contribution < 1.29 is 4.52 Å². The number of halogens is 1. The van der Waals surface area contributed by atoms with Gasteiger partial charge in [-0.25, -0.2) is 4.98 Å². The minimum atomic E-state index is 0. The molecule has 2 aromatic rings. The Morgan fingerprint density at radius 3 is 2.43 bits per heavy atom. The number of hydrogen-bond acceptors (Lipinski definition) is 6. The quantitative estimate of drug-likeness (QED) is 0.445. The third-order valence-electron chi connectivity index (χ3n) is 2.69. The summed E-state index contributed by atoms with van der Waals surface area (Å²) in [5, 5.41) is 11.2. The molecule has 9 heteroatoms. The van der Waals surface area contributed by atoms with Crippen LogP contribution in [-0.2, 0) is 13.1 Å². The van der Waals surface area contributed by atoms with Crippen molar-refractivity contribution in [3.8, 4) is 0 Å². The van der Waals surface area contributed by atoms with Gasteiger partial charge in [0.2, 0.25) is 5.89 Å². The molecule has 0 aliphatic carbocycles. The monoisotopic (exact) mass is 422 g/mol. The lowest BCUT2D eigenvalue weighted by Crippen LogP contribution is -2.36. The van der Waals surface area contributed by atoms with E-state index >= 15 is 0 Å². The average molecular weight is 422 g/mol. The molecule has 21 heavy (non-hydrogen) atoms. The van der Waals surface area contributed by atoms with E-state index in [0.717, 1.165) is 10.7 Å². The van der Waals surface area contributed by atoms with Crippen molar-refractivity contribution in [2.45, 2.75) is 33.9 Å². The fourth-order valence-electron chi connectivity index (χ4n) is 1.57. The summed E-state index contributed by atoms with van der Waals surface area (Å²) in [6, 6.07) is 0. The predicted molar refractivity (Wildman–Crippen MR) is 93.1 cm³/mol. The molecule has 0 radical (unpaired) electrons. The number of thiazole rings is 1. The van der Waals surface area contributed by atoms with Crippen LogP contribution in [0.2, 0.25) is 0 Å². The Labute approximate surface area is 144 Å². The van der Waals surface area contributed by atoms with Crippen LogP contribution in [0.25, 0.3) is 0 Å². The van der Waals surface area contributed by atoms with Crippen LogP contribution < -0.4 is 10.6 Å². The van der Waals surface area contributed by atoms with E-state index in [1.54, 1.807) is 25.3 Å². The first-order valence-corrected chi connectivity index (χ1v) is 7.06. The molecular formula is C12H19IN6OS. The summed E-state index contributed by atoms with van der Waals surface area (Å²) in [6.07, 6.45) is 0. The molecule has 0 amide bonds. The summed E-state index contributed by atoms with van der Waals surface area (Å²) < 4.78 is 4.91. The summed E-state index contributed by atoms with van der Waals surface area (Å²) in [6.45, 7) is 6.96. The second-order valence-electron chi connectivity index (χ2n) is 4.26. The number of aryl methyl sites for hydroxylation is 3. The van der Waals surface area contributed by atoms with Gasteiger partial charge in [-0.1, -0.05) is 5.16 Å². The van der Waals surface area contributed by atoms with Gasteiger partial charge >= 0.3 is 0 Å². The van der Waals surface area contributed by atoms with Crippen LogP contribution in [0.15, 0.2) is 9.52 Å². The van der Waals surface area contributed by atoms with E-state index < -0.39 is 0 Å². The molecule has 2 heterocycles. The largest absolute Gasteiger partial charge is 0.350 e. The Kier molecular flexibility index (Phi) is 7.02. The van der Waals surface area contributed by atoms with Crippen molar-refractivity contribution in [2.75, 3.05) is 7.05 Å². The van der Waals surface area contributed by atoms with Gasteiger partial charge in [-0.15, -0.1) is 35.3 Å². The maximum absolute atomic E-state index is 4.91. The lowest BCUT2D eigenvalue weighted by atomic mass is 10.4. The van der Waals surface area contributed by atoms with Gasteiger partial charge in [0.15, 0.2) is 11.8 Å². The van der Waals surface area contributed by atoms with Gasteiger partial charge in [0, 0.05) is 18.8 Å². The predicted octanol–water partition coefficient (Wildman–Crippen LogP) is 1.93. The Hall–Kier alpha value is -1.23. The maximum atomic E-state index is 4.91. The zero-order chi connectivity index (χ0) is 14.5. The fraction of sp³-hybridized carbons (Fsp3) is 0.500. The van der Waals surface area contributed by atoms with Crippen molar-refractivity contribution in [1.82, 2.24) is 25.8 Å². The fourth-order valence-corrected chi connectivity index (χ4v) is 2.44. The van der Waals surface area contributed by atoms with E-state index in [1.807, 2.05) is 6.92 Å². The molecule has 0 unspecified atom stereocenters. The molecule has 0 bridgehead atoms. The van der Waals surface area contributed by atoms with Crippen LogP contribution in [0.3, 0.4) is 0 Å². The maximum Gasteiger partial charge on any atom is 0.223 e. The normalized spacial score (nSPS) is 11.1. The molecule has 0 fully saturated rings. The minimum Gasteiger partial charge on any atom is -0.350 e. The summed E-state index contributed by atoms with van der Waals surface area (Å²) in [5.41, 5.74) is 1.08. The summed E-state index contributed by atoms with van der Waals surface area (Å²) in [4.78, 5) is 14.0. The highest BCUT2D eigenvalue weighted by Gasteiger charge is 2.06. The zero-order valence-electron chi connectivity index (χ0n) is 12.4. The molecule has 0 spiro atoms. The molecule has 2 rings (SSSR count). The second kappa shape index (κ2) is 8.27. The van der Waals surface area contributed by atoms with Gasteiger partial charge in [-0.05, 0) is 13.8 Å². The highest BCUT2D eigenvalue weighted by molar-refractivity contribution is 14.0. The lowest BCUT2D eigenvalue weighted by Gasteiger charge is -2.08. The van der Waals surface area contributed by atoms with Crippen LogP contribution >= 0.6 is 35.3 Å². The summed E-state index contributed by atoms with van der Waals surface area (Å²) in [5.74, 6) is 1.84. The summed E-state index contributed by atoms with van der Waals surface area (Å²) >= 11 is 1.69. The molecule has 0 saturated heterocycles. The number of rotatable bonds is 4. The number of hydrogen-bond donors (Lipinski definition) is 2. The van der Waals surface area contributed by atoms with Gasteiger partial charge in [-0.2, -0.15) is 4.98 Å². The van der Waals surface area contributed by atoms with Crippen molar-refractivity contribution in [2.24, 2.45) is 4.99 Å². The Balaban J connectivity index is 0.00000220. The van der Waals surface area contributed by atoms with Crippen molar-refractivity contribution >= 4 is 41.3 Å². The van der Waals surface area contributed by atoms with Crippen molar-refractivity contribution in [3.05, 3.63) is 27.3 Å². The number of aliphatic imine (C=N–C) groups is 1. The summed E-state index contributed by atoms with van der Waals surface area (Å²) in [7, 11) is 1.72. The first kappa shape index (κ1) is 17.8. The van der Waals surface area contributed by atoms with E-state index in [1.165, 1.54) is 4.88 Å². The molecule has 0 aromatic carbocycles. The number of nitrogens with one attached hydrogen (secondary N) is 2. The molecule has 116 valence electrons. The van der Waals surface area contributed by atoms with E-state index in [-0.39, 0.29) is 24.0 Å². The molecule has 0 saturated carbocycles. The number of nitrogens with zero attached hydrogens (tertiary/aromatic N) is 4. The van der Waals surface area contributed by atoms with Gasteiger partial charge in [-0.3, -0.25) is 4.99 Å². The van der Waals surface area contributed by atoms with Crippen LogP contribution in [0.4, 0.5) is 0 Å². The molecule has 0 aliphatic rings. The first-order valence-electron chi connectivity index (χ1n) is 6.25. The van der Waals surface area contributed by atoms with Gasteiger partial charge in [0.25, 0.3) is 0 Å². The smallest absolute Gasteiger partial charge is 0.223 e. The van der Waals surface area contributed by atoms with Gasteiger partial charge in [0.05, 0.1) is 18.8 Å². The zero-order valence-corrected chi connectivity index (χ0v) is 15.6. The van der Waals surface area contributed by atoms with Crippen molar-refractivity contribution in [3.63, 3.8) is 0 Å². The van der Waals surface area contributed by atoms with Crippen molar-refractivity contribution in [1.29, 1.82) is 0 Å². The highest BCUT2D eigenvalue weighted by Crippen LogP contribution is 2.15. The van der Waals surface area contributed by atoms with Crippen LogP contribution in [0, 0.1) is 20.8 Å². The molecule has 2 aromatic heterocycles. The van der Waals surface area contributed by atoms with E-state index in [4.69, 9.17) is 4.52 Å². The Bertz CT molecular complexity index is 589. The topological polar surface area (TPSA) is 88.2 Å². The van der Waals surface area contributed by atoms with E-state index in [2.05, 4.69) is 37.7 Å². The molecular weight excluding hydrogens is 403 g/mol. The highest BCUT2D eigenvalue weighted by atomic mass is 127. The molecule has 0 atom stereocenters. The SMILES string of the molecule is CN=C(NCc1noc(C)n1)NCc1nc(C)c(C)s1.I. The molecule has 7 nitrogen and oxygen atoms in total. The lowest BCUT2D eigenvalue weighted by molar-refractivity contribution is 0.387. The standard InChI is InChI=1S/C12H18N6OS.HI/c1-7-8(2)20-11(16-7)6-15-12(13-4)14-5-10-17-9(3)19-18-10;/h5-6H2,1-4H3,(H2,13,14,15);1H. The molecule has 2 N–H and O–H groups in total. The van der Waals surface area contributed by atoms with Gasteiger partial charge < -0.3 is 15.2 Å². The first-order chi connectivity index (χ1) is 9.58. The Morgan fingerprint density at radius 2 is 1.90 bits per heavy atom. The van der Waals surface area contributed by atoms with Gasteiger partial charge in [0.1, 0.15) is 5.01 Å². The number of guanidine groups is 1. The third kappa shape index (κ3) is 5.23. The second-order valence-corrected chi connectivity index (χ2v) is 5.55. The molecule has 0 aliphatic heterocycles. The van der Waals surface area contributed by atoms with E-state index in [9.17, 15) is 0 Å². The van der Waals surface area contributed by atoms with Crippen LogP contribution in [0.5, 0.6) is 0 Å². The Morgan fingerprint density at radius 1 is 1.19 bits per heavy atom. The average Bonchev–Trinajstić information content (AvgIpc) is 2.97. The van der Waals surface area contributed by atoms with E-state index in [0.29, 0.717) is 30.8 Å². The minimum absolute atomic E-state index is 0. The van der Waals surface area contributed by atoms with Crippen LogP contribution in [0.1, 0.15) is 27.3 Å². The number of aromatic nitrogens is 3. The third-order valence-corrected chi connectivity index (χ3v) is 3.76.